The molecule has 13 heteroatoms. The van der Waals surface area contributed by atoms with Gasteiger partial charge in [-0.3, -0.25) is 39.1 Å². The first-order chi connectivity index (χ1) is 28.0. The van der Waals surface area contributed by atoms with Crippen LogP contribution >= 0.6 is 0 Å². The highest BCUT2D eigenvalue weighted by Crippen LogP contribution is 2.60. The van der Waals surface area contributed by atoms with Crippen molar-refractivity contribution in [2.75, 3.05) is 42.5 Å². The molecule has 2 spiro atoms. The molecule has 1 aliphatic carbocycles. The van der Waals surface area contributed by atoms with Gasteiger partial charge in [-0.05, 0) is 123 Å². The van der Waals surface area contributed by atoms with E-state index < -0.39 is 35.5 Å². The van der Waals surface area contributed by atoms with Gasteiger partial charge in [-0.1, -0.05) is 0 Å². The Kier molecular flexibility index (Phi) is 8.53. The molecule has 6 heterocycles. The third-order valence-corrected chi connectivity index (χ3v) is 14.4. The van der Waals surface area contributed by atoms with E-state index in [1.165, 1.54) is 0 Å². The average molecular weight is 784 g/mol. The summed E-state index contributed by atoms with van der Waals surface area (Å²) in [5.74, 6) is -2.35. The van der Waals surface area contributed by atoms with Crippen LogP contribution in [0, 0.1) is 29.5 Å². The topological polar surface area (TPSA) is 137 Å². The van der Waals surface area contributed by atoms with Crippen LogP contribution in [0.1, 0.15) is 111 Å². The van der Waals surface area contributed by atoms with E-state index in [1.54, 1.807) is 25.1 Å². The predicted octanol–water partition coefficient (Wildman–Crippen LogP) is 5.06. The monoisotopic (exact) mass is 783 g/mol. The molecule has 0 radical (unpaired) electrons. The smallest absolute Gasteiger partial charge is 0.262 e. The molecular weight excluding hydrogens is 738 g/mol. The molecule has 3 aromatic carbocycles. The summed E-state index contributed by atoms with van der Waals surface area (Å²) in [6.07, 6.45) is 7.37. The number of nitrogens with one attached hydrogen (secondary N) is 1. The fourth-order valence-corrected chi connectivity index (χ4v) is 11.0. The molecule has 1 unspecified atom stereocenters. The number of anilines is 2. The van der Waals surface area contributed by atoms with Gasteiger partial charge < -0.3 is 14.7 Å². The maximum absolute atomic E-state index is 15.0. The third-order valence-electron chi connectivity index (χ3n) is 14.4. The van der Waals surface area contributed by atoms with Crippen LogP contribution in [-0.2, 0) is 22.7 Å². The Morgan fingerprint density at radius 2 is 1.52 bits per heavy atom. The van der Waals surface area contributed by atoms with E-state index in [1.807, 2.05) is 29.2 Å². The third kappa shape index (κ3) is 5.90. The van der Waals surface area contributed by atoms with Crippen molar-refractivity contribution in [3.8, 4) is 6.07 Å². The highest BCUT2D eigenvalue weighted by Gasteiger charge is 2.60. The van der Waals surface area contributed by atoms with Crippen molar-refractivity contribution in [2.24, 2.45) is 5.41 Å². The van der Waals surface area contributed by atoms with Gasteiger partial charge in [0.2, 0.25) is 11.8 Å². The number of imide groups is 2. The van der Waals surface area contributed by atoms with Gasteiger partial charge in [-0.2, -0.15) is 5.26 Å². The molecule has 58 heavy (non-hydrogen) atoms. The highest BCUT2D eigenvalue weighted by molar-refractivity contribution is 6.23. The van der Waals surface area contributed by atoms with Crippen molar-refractivity contribution in [1.29, 1.82) is 5.26 Å². The lowest BCUT2D eigenvalue weighted by Crippen LogP contribution is -2.54. The molecule has 5 amide bonds. The summed E-state index contributed by atoms with van der Waals surface area (Å²) in [4.78, 5) is 74.7. The Morgan fingerprint density at radius 3 is 2.12 bits per heavy atom. The molecule has 0 aromatic heterocycles. The molecule has 7 aliphatic rings. The molecule has 1 saturated carbocycles. The molecular formula is C45H46FN7O5. The molecule has 4 saturated heterocycles. The number of fused-ring (bicyclic) bond motifs is 2. The summed E-state index contributed by atoms with van der Waals surface area (Å²) >= 11 is 0. The molecule has 1 N–H and O–H groups in total. The van der Waals surface area contributed by atoms with Crippen LogP contribution in [0.4, 0.5) is 15.8 Å². The number of nitrogens with zero attached hydrogens (tertiary/aromatic N) is 6. The van der Waals surface area contributed by atoms with E-state index in [0.717, 1.165) is 92.0 Å². The van der Waals surface area contributed by atoms with Crippen molar-refractivity contribution in [3.05, 3.63) is 93.3 Å². The van der Waals surface area contributed by atoms with Gasteiger partial charge in [-0.25, -0.2) is 4.39 Å². The van der Waals surface area contributed by atoms with Gasteiger partial charge in [0.1, 0.15) is 17.9 Å². The minimum atomic E-state index is -0.980. The first kappa shape index (κ1) is 36.7. The normalized spacial score (nSPS) is 23.8. The lowest BCUT2D eigenvalue weighted by Gasteiger charge is -2.40. The second-order valence-corrected chi connectivity index (χ2v) is 17.7. The van der Waals surface area contributed by atoms with E-state index in [4.69, 9.17) is 0 Å². The van der Waals surface area contributed by atoms with E-state index in [2.05, 4.69) is 32.1 Å². The number of carbonyl (C=O) groups is 5. The molecule has 3 aromatic rings. The Labute approximate surface area is 336 Å². The number of hydrogen-bond acceptors (Lipinski definition) is 9. The number of nitriles is 1. The molecule has 0 bridgehead atoms. The minimum absolute atomic E-state index is 0.0386. The van der Waals surface area contributed by atoms with Crippen molar-refractivity contribution >= 4 is 40.9 Å². The number of rotatable bonds is 5. The SMILES string of the molecule is Cc1c(N2CC3(CCN(c4ccc(C(=O)N5CCC(N6Cc7cc8c(cc7C6)C(=O)N(C6CCC(=O)NC6=O)C8=O)CC5)cc4)CC3)CC23CC3)ccc(C#N)c1F. The van der Waals surface area contributed by atoms with E-state index in [-0.39, 0.29) is 41.3 Å². The summed E-state index contributed by atoms with van der Waals surface area (Å²) < 4.78 is 15.0. The van der Waals surface area contributed by atoms with E-state index in [0.29, 0.717) is 48.4 Å². The van der Waals surface area contributed by atoms with Gasteiger partial charge in [0.25, 0.3) is 17.7 Å². The Balaban J connectivity index is 0.725. The number of piperidine rings is 3. The molecule has 6 aliphatic heterocycles. The molecule has 298 valence electrons. The van der Waals surface area contributed by atoms with Gasteiger partial charge >= 0.3 is 0 Å². The van der Waals surface area contributed by atoms with Gasteiger partial charge in [0.05, 0.1) is 16.7 Å². The second-order valence-electron chi connectivity index (χ2n) is 17.7. The number of likely N-dealkylation sites (tertiary alicyclic amines) is 1. The second kappa shape index (κ2) is 13.5. The largest absolute Gasteiger partial charge is 0.371 e. The van der Waals surface area contributed by atoms with Crippen molar-refractivity contribution in [1.82, 2.24) is 20.0 Å². The van der Waals surface area contributed by atoms with Gasteiger partial charge in [0, 0.05) is 86.3 Å². The fraction of sp³-hybridized carbons (Fsp3) is 0.467. The summed E-state index contributed by atoms with van der Waals surface area (Å²) in [5.41, 5.74) is 6.33. The quantitative estimate of drug-likeness (QED) is 0.353. The van der Waals surface area contributed by atoms with Crippen LogP contribution in [0.15, 0.2) is 48.5 Å². The average Bonchev–Trinajstić information content (AvgIpc) is 3.67. The zero-order valence-corrected chi connectivity index (χ0v) is 32.7. The van der Waals surface area contributed by atoms with Gasteiger partial charge in [0.15, 0.2) is 0 Å². The van der Waals surface area contributed by atoms with Crippen LogP contribution in [0.25, 0.3) is 0 Å². The number of benzene rings is 3. The summed E-state index contributed by atoms with van der Waals surface area (Å²) in [6, 6.07) is 16.5. The zero-order valence-electron chi connectivity index (χ0n) is 32.7. The summed E-state index contributed by atoms with van der Waals surface area (Å²) in [6.45, 7) is 7.17. The van der Waals surface area contributed by atoms with Gasteiger partial charge in [-0.15, -0.1) is 0 Å². The number of hydrogen-bond donors (Lipinski definition) is 1. The molecule has 12 nitrogen and oxygen atoms in total. The van der Waals surface area contributed by atoms with Crippen LogP contribution in [-0.4, -0.2) is 94.6 Å². The lowest BCUT2D eigenvalue weighted by molar-refractivity contribution is -0.136. The van der Waals surface area contributed by atoms with Crippen LogP contribution < -0.4 is 15.1 Å². The predicted molar refractivity (Wildman–Crippen MR) is 211 cm³/mol. The standard InChI is InChI=1S/C45H46FN7O5/c1-27-36(7-4-29(22-47)39(27)46)52-26-44(25-45(52)12-13-45)14-18-49(19-15-44)32-5-2-28(3-6-32)41(56)50-16-10-33(11-17-50)51-23-30-20-34-35(21-31(30)24-51)43(58)53(42(34)57)37-8-9-38(54)48-40(37)55/h2-7,20-21,33,37H,8-19,23-26H2,1H3,(H,48,54,55). The molecule has 1 atom stereocenters. The Bertz CT molecular complexity index is 2290. The van der Waals surface area contributed by atoms with E-state index in [9.17, 15) is 33.6 Å². The fourth-order valence-electron chi connectivity index (χ4n) is 11.0. The minimum Gasteiger partial charge on any atom is -0.371 e. The molecule has 10 rings (SSSR count). The van der Waals surface area contributed by atoms with Crippen molar-refractivity contribution < 1.29 is 28.4 Å². The van der Waals surface area contributed by atoms with Crippen LogP contribution in [0.5, 0.6) is 0 Å². The first-order valence-corrected chi connectivity index (χ1v) is 20.7. The lowest BCUT2D eigenvalue weighted by atomic mass is 9.76. The number of amides is 5. The maximum Gasteiger partial charge on any atom is 0.262 e. The summed E-state index contributed by atoms with van der Waals surface area (Å²) in [5, 5.41) is 11.6. The number of carbonyl (C=O) groups excluding carboxylic acids is 5. The van der Waals surface area contributed by atoms with Crippen LogP contribution in [0.3, 0.4) is 0 Å². The zero-order chi connectivity index (χ0) is 40.1. The maximum atomic E-state index is 15.0. The number of halogens is 1. The first-order valence-electron chi connectivity index (χ1n) is 20.7. The Hall–Kier alpha value is -5.61. The van der Waals surface area contributed by atoms with Crippen molar-refractivity contribution in [2.45, 2.75) is 95.4 Å². The van der Waals surface area contributed by atoms with Crippen LogP contribution in [0.2, 0.25) is 0 Å². The highest BCUT2D eigenvalue weighted by atomic mass is 19.1. The molecule has 5 fully saturated rings. The Morgan fingerprint density at radius 1 is 0.862 bits per heavy atom. The van der Waals surface area contributed by atoms with E-state index >= 15 is 0 Å². The summed E-state index contributed by atoms with van der Waals surface area (Å²) in [7, 11) is 0. The van der Waals surface area contributed by atoms with Crippen molar-refractivity contribution in [3.63, 3.8) is 0 Å².